The summed E-state index contributed by atoms with van der Waals surface area (Å²) in [6.07, 6.45) is 1.83. The van der Waals surface area contributed by atoms with Gasteiger partial charge in [-0.15, -0.1) is 0 Å². The van der Waals surface area contributed by atoms with Gasteiger partial charge in [0.2, 0.25) is 5.91 Å². The number of carbonyl (C=O) groups is 1. The molecule has 1 N–H and O–H groups in total. The molecule has 0 unspecified atom stereocenters. The Balaban J connectivity index is 1.84. The Morgan fingerprint density at radius 3 is 2.56 bits per heavy atom. The van der Waals surface area contributed by atoms with Crippen LogP contribution < -0.4 is 14.8 Å². The first kappa shape index (κ1) is 17.5. The number of halogens is 2. The van der Waals surface area contributed by atoms with Crippen LogP contribution in [0.5, 0.6) is 11.5 Å². The van der Waals surface area contributed by atoms with Crippen LogP contribution in [0.2, 0.25) is 10.0 Å². The average molecular weight is 379 g/mol. The molecular formula is C18H16Cl2N2O3. The Hall–Kier alpha value is -2.37. The Morgan fingerprint density at radius 2 is 1.88 bits per heavy atom. The third kappa shape index (κ3) is 3.67. The van der Waals surface area contributed by atoms with Gasteiger partial charge in [0.05, 0.1) is 29.8 Å². The van der Waals surface area contributed by atoms with Gasteiger partial charge in [-0.1, -0.05) is 23.2 Å². The number of carbonyl (C=O) groups excluding carboxylic acids is 1. The van der Waals surface area contributed by atoms with Crippen molar-refractivity contribution in [1.29, 1.82) is 0 Å². The van der Waals surface area contributed by atoms with Crippen LogP contribution in [-0.2, 0) is 11.3 Å². The molecule has 0 saturated heterocycles. The van der Waals surface area contributed by atoms with Crippen LogP contribution in [-0.4, -0.2) is 24.7 Å². The van der Waals surface area contributed by atoms with Gasteiger partial charge in [0.1, 0.15) is 18.0 Å². The second kappa shape index (κ2) is 7.25. The largest absolute Gasteiger partial charge is 0.497 e. The van der Waals surface area contributed by atoms with Gasteiger partial charge in [-0.2, -0.15) is 0 Å². The van der Waals surface area contributed by atoms with E-state index in [2.05, 4.69) is 5.32 Å². The Kier molecular flexibility index (Phi) is 5.06. The molecule has 1 aromatic heterocycles. The van der Waals surface area contributed by atoms with Gasteiger partial charge >= 0.3 is 0 Å². The van der Waals surface area contributed by atoms with E-state index in [1.165, 1.54) is 0 Å². The minimum absolute atomic E-state index is 0.139. The zero-order chi connectivity index (χ0) is 18.0. The van der Waals surface area contributed by atoms with Crippen molar-refractivity contribution in [3.63, 3.8) is 0 Å². The number of ether oxygens (including phenoxy) is 2. The van der Waals surface area contributed by atoms with Gasteiger partial charge in [-0.25, -0.2) is 0 Å². The molecule has 0 aliphatic rings. The Bertz CT molecular complexity index is 937. The number of benzene rings is 2. The van der Waals surface area contributed by atoms with Crippen molar-refractivity contribution in [2.75, 3.05) is 19.5 Å². The first-order valence-electron chi connectivity index (χ1n) is 7.47. The minimum Gasteiger partial charge on any atom is -0.497 e. The number of aromatic nitrogens is 1. The maximum Gasteiger partial charge on any atom is 0.244 e. The number of methoxy groups -OCH3 is 2. The van der Waals surface area contributed by atoms with Crippen molar-refractivity contribution < 1.29 is 14.3 Å². The number of fused-ring (bicyclic) bond motifs is 1. The smallest absolute Gasteiger partial charge is 0.244 e. The predicted molar refractivity (Wildman–Crippen MR) is 100 cm³/mol. The number of anilines is 1. The third-order valence-electron chi connectivity index (χ3n) is 3.80. The lowest BCUT2D eigenvalue weighted by atomic mass is 10.2. The van der Waals surface area contributed by atoms with Crippen molar-refractivity contribution in [2.45, 2.75) is 6.54 Å². The average Bonchev–Trinajstić information content (AvgIpc) is 3.00. The van der Waals surface area contributed by atoms with Crippen LogP contribution in [0.25, 0.3) is 10.9 Å². The standard InChI is InChI=1S/C18H16Cl2N2O3/c1-24-12-8-16-13(17(9-12)25-2)5-6-22(16)10-18(23)21-11-3-4-14(19)15(20)7-11/h3-9H,10H2,1-2H3,(H,21,23). The van der Waals surface area contributed by atoms with E-state index in [1.54, 1.807) is 32.4 Å². The fourth-order valence-corrected chi connectivity index (χ4v) is 2.89. The molecule has 0 saturated carbocycles. The molecule has 3 aromatic rings. The van der Waals surface area contributed by atoms with Crippen molar-refractivity contribution in [1.82, 2.24) is 4.57 Å². The van der Waals surface area contributed by atoms with Gasteiger partial charge in [0, 0.05) is 29.4 Å². The van der Waals surface area contributed by atoms with Gasteiger partial charge < -0.3 is 19.4 Å². The zero-order valence-corrected chi connectivity index (χ0v) is 15.2. The molecule has 1 heterocycles. The molecule has 5 nitrogen and oxygen atoms in total. The molecular weight excluding hydrogens is 363 g/mol. The highest BCUT2D eigenvalue weighted by Gasteiger charge is 2.12. The van der Waals surface area contributed by atoms with Crippen molar-refractivity contribution in [2.24, 2.45) is 0 Å². The number of amides is 1. The molecule has 0 radical (unpaired) electrons. The lowest BCUT2D eigenvalue weighted by molar-refractivity contribution is -0.116. The van der Waals surface area contributed by atoms with Gasteiger partial charge in [0.25, 0.3) is 0 Å². The van der Waals surface area contributed by atoms with E-state index in [0.29, 0.717) is 27.2 Å². The van der Waals surface area contributed by atoms with E-state index < -0.39 is 0 Å². The number of rotatable bonds is 5. The van der Waals surface area contributed by atoms with Crippen LogP contribution >= 0.6 is 23.2 Å². The molecule has 1 amide bonds. The van der Waals surface area contributed by atoms with E-state index in [1.807, 2.05) is 29.0 Å². The highest BCUT2D eigenvalue weighted by Crippen LogP contribution is 2.32. The summed E-state index contributed by atoms with van der Waals surface area (Å²) in [6.45, 7) is 0.139. The van der Waals surface area contributed by atoms with Crippen molar-refractivity contribution in [3.8, 4) is 11.5 Å². The first-order chi connectivity index (χ1) is 12.0. The summed E-state index contributed by atoms with van der Waals surface area (Å²) in [5, 5.41) is 4.54. The molecule has 7 heteroatoms. The Labute approximate surface area is 155 Å². The first-order valence-corrected chi connectivity index (χ1v) is 8.23. The summed E-state index contributed by atoms with van der Waals surface area (Å²) in [5.74, 6) is 1.17. The molecule has 0 spiro atoms. The van der Waals surface area contributed by atoms with Crippen LogP contribution in [0.15, 0.2) is 42.6 Å². The summed E-state index contributed by atoms with van der Waals surface area (Å²) in [6, 6.07) is 10.5. The number of hydrogen-bond acceptors (Lipinski definition) is 3. The summed E-state index contributed by atoms with van der Waals surface area (Å²) >= 11 is 11.9. The molecule has 0 fully saturated rings. The van der Waals surface area contributed by atoms with Gasteiger partial charge in [0.15, 0.2) is 0 Å². The maximum atomic E-state index is 12.4. The van der Waals surface area contributed by atoms with E-state index in [4.69, 9.17) is 32.7 Å². The predicted octanol–water partition coefficient (Wildman–Crippen LogP) is 4.60. The number of nitrogens with one attached hydrogen (secondary N) is 1. The maximum absolute atomic E-state index is 12.4. The fraction of sp³-hybridized carbons (Fsp3) is 0.167. The lowest BCUT2D eigenvalue weighted by Gasteiger charge is -2.10. The van der Waals surface area contributed by atoms with Crippen molar-refractivity contribution >= 4 is 45.7 Å². The molecule has 0 atom stereocenters. The zero-order valence-electron chi connectivity index (χ0n) is 13.7. The van der Waals surface area contributed by atoms with E-state index in [-0.39, 0.29) is 12.5 Å². The number of nitrogens with zero attached hydrogens (tertiary/aromatic N) is 1. The van der Waals surface area contributed by atoms with Gasteiger partial charge in [-0.3, -0.25) is 4.79 Å². The quantitative estimate of drug-likeness (QED) is 0.705. The Morgan fingerprint density at radius 1 is 1.08 bits per heavy atom. The minimum atomic E-state index is -0.183. The van der Waals surface area contributed by atoms with Crippen LogP contribution in [0.4, 0.5) is 5.69 Å². The summed E-state index contributed by atoms with van der Waals surface area (Å²) < 4.78 is 12.5. The van der Waals surface area contributed by atoms with Crippen LogP contribution in [0, 0.1) is 0 Å². The third-order valence-corrected chi connectivity index (χ3v) is 4.54. The molecule has 0 aliphatic carbocycles. The van der Waals surface area contributed by atoms with E-state index >= 15 is 0 Å². The fourth-order valence-electron chi connectivity index (χ4n) is 2.59. The summed E-state index contributed by atoms with van der Waals surface area (Å²) in [4.78, 5) is 12.4. The normalized spacial score (nSPS) is 10.7. The molecule has 130 valence electrons. The second-order valence-electron chi connectivity index (χ2n) is 5.38. The van der Waals surface area contributed by atoms with Crippen LogP contribution in [0.1, 0.15) is 0 Å². The lowest BCUT2D eigenvalue weighted by Crippen LogP contribution is -2.18. The second-order valence-corrected chi connectivity index (χ2v) is 6.20. The van der Waals surface area contributed by atoms with Gasteiger partial charge in [-0.05, 0) is 24.3 Å². The molecule has 2 aromatic carbocycles. The van der Waals surface area contributed by atoms with Crippen LogP contribution in [0.3, 0.4) is 0 Å². The van der Waals surface area contributed by atoms with E-state index in [0.717, 1.165) is 10.9 Å². The molecule has 3 rings (SSSR count). The summed E-state index contributed by atoms with van der Waals surface area (Å²) in [7, 11) is 3.19. The summed E-state index contributed by atoms with van der Waals surface area (Å²) in [5.41, 5.74) is 1.44. The molecule has 0 aliphatic heterocycles. The molecule has 25 heavy (non-hydrogen) atoms. The van der Waals surface area contributed by atoms with E-state index in [9.17, 15) is 4.79 Å². The highest BCUT2D eigenvalue weighted by atomic mass is 35.5. The topological polar surface area (TPSA) is 52.5 Å². The molecule has 0 bridgehead atoms. The number of hydrogen-bond donors (Lipinski definition) is 1. The highest BCUT2D eigenvalue weighted by molar-refractivity contribution is 6.42. The SMILES string of the molecule is COc1cc(OC)c2ccn(CC(=O)Nc3ccc(Cl)c(Cl)c3)c2c1. The van der Waals surface area contributed by atoms with Crippen molar-refractivity contribution in [3.05, 3.63) is 52.6 Å². The monoisotopic (exact) mass is 378 g/mol.